The van der Waals surface area contributed by atoms with Gasteiger partial charge in [0.05, 0.1) is 6.26 Å². The minimum absolute atomic E-state index is 0.0226. The molecule has 0 aromatic carbocycles. The maximum absolute atomic E-state index is 10.8. The van der Waals surface area contributed by atoms with Crippen molar-refractivity contribution in [3.63, 3.8) is 0 Å². The minimum Gasteiger partial charge on any atom is -0.475 e. The predicted octanol–water partition coefficient (Wildman–Crippen LogP) is 2.21. The summed E-state index contributed by atoms with van der Waals surface area (Å²) in [6.45, 7) is 5.61. The molecule has 0 amide bonds. The van der Waals surface area contributed by atoms with Crippen LogP contribution in [0.4, 0.5) is 0 Å². The quantitative estimate of drug-likeness (QED) is 0.802. The highest BCUT2D eigenvalue weighted by Crippen LogP contribution is 2.20. The number of carboxylic acids is 1. The summed E-state index contributed by atoms with van der Waals surface area (Å²) in [5.74, 6) is -1.000. The van der Waals surface area contributed by atoms with Crippen LogP contribution in [0.1, 0.15) is 30.0 Å². The van der Waals surface area contributed by atoms with Crippen molar-refractivity contribution in [3.05, 3.63) is 23.7 Å². The Hall–Kier alpha value is -0.940. The van der Waals surface area contributed by atoms with Crippen molar-refractivity contribution in [2.24, 2.45) is 0 Å². The maximum Gasteiger partial charge on any atom is 0.372 e. The van der Waals surface area contributed by atoms with Crippen LogP contribution in [0.15, 0.2) is 16.7 Å². The second kappa shape index (κ2) is 5.41. The third-order valence-electron chi connectivity index (χ3n) is 2.36. The zero-order valence-corrected chi connectivity index (χ0v) is 10.6. The van der Waals surface area contributed by atoms with Gasteiger partial charge >= 0.3 is 5.97 Å². The SMILES string of the molecule is CSC(C)(C)CNCc1ccoc1C(=O)O. The van der Waals surface area contributed by atoms with E-state index in [4.69, 9.17) is 9.52 Å². The molecule has 0 bridgehead atoms. The molecule has 0 saturated carbocycles. The van der Waals surface area contributed by atoms with Crippen LogP contribution in [0.3, 0.4) is 0 Å². The normalized spacial score (nSPS) is 11.7. The second-order valence-corrected chi connectivity index (χ2v) is 5.66. The average molecular weight is 243 g/mol. The number of rotatable bonds is 6. The monoisotopic (exact) mass is 243 g/mol. The number of nitrogens with one attached hydrogen (secondary N) is 1. The van der Waals surface area contributed by atoms with Crippen LogP contribution in [0, 0.1) is 0 Å². The second-order valence-electron chi connectivity index (χ2n) is 4.15. The van der Waals surface area contributed by atoms with Gasteiger partial charge in [0.1, 0.15) is 0 Å². The van der Waals surface area contributed by atoms with Crippen molar-refractivity contribution in [2.75, 3.05) is 12.8 Å². The highest BCUT2D eigenvalue weighted by molar-refractivity contribution is 7.99. The molecule has 0 aliphatic heterocycles. The summed E-state index contributed by atoms with van der Waals surface area (Å²) in [5, 5.41) is 12.1. The van der Waals surface area contributed by atoms with E-state index in [0.717, 1.165) is 6.54 Å². The Bertz CT molecular complexity index is 360. The number of thioether (sulfide) groups is 1. The lowest BCUT2D eigenvalue weighted by atomic mass is 10.2. The van der Waals surface area contributed by atoms with Gasteiger partial charge in [0.2, 0.25) is 5.76 Å². The van der Waals surface area contributed by atoms with Crippen LogP contribution in [0.2, 0.25) is 0 Å². The first-order chi connectivity index (χ1) is 7.46. The van der Waals surface area contributed by atoms with Gasteiger partial charge in [0.25, 0.3) is 0 Å². The van der Waals surface area contributed by atoms with Gasteiger partial charge in [0, 0.05) is 23.4 Å². The first kappa shape index (κ1) is 13.1. The zero-order valence-electron chi connectivity index (χ0n) is 9.74. The summed E-state index contributed by atoms with van der Waals surface area (Å²) >= 11 is 1.77. The molecule has 1 aromatic rings. The standard InChI is InChI=1S/C11H17NO3S/c1-11(2,16-3)7-12-6-8-4-5-15-9(8)10(13)14/h4-5,12H,6-7H2,1-3H3,(H,13,14). The van der Waals surface area contributed by atoms with Crippen molar-refractivity contribution in [1.29, 1.82) is 0 Å². The predicted molar refractivity (Wildman–Crippen MR) is 65.0 cm³/mol. The fourth-order valence-electron chi connectivity index (χ4n) is 1.23. The highest BCUT2D eigenvalue weighted by atomic mass is 32.2. The van der Waals surface area contributed by atoms with Crippen LogP contribution in [0.5, 0.6) is 0 Å². The number of hydrogen-bond acceptors (Lipinski definition) is 4. The molecule has 0 saturated heterocycles. The number of carbonyl (C=O) groups is 1. The molecule has 1 aromatic heterocycles. The van der Waals surface area contributed by atoms with Crippen molar-refractivity contribution in [1.82, 2.24) is 5.32 Å². The highest BCUT2D eigenvalue weighted by Gasteiger charge is 2.17. The summed E-state index contributed by atoms with van der Waals surface area (Å²) < 4.78 is 5.04. The Labute approximate surface area is 99.4 Å². The Morgan fingerprint density at radius 2 is 2.31 bits per heavy atom. The molecule has 0 aliphatic rings. The lowest BCUT2D eigenvalue weighted by molar-refractivity contribution is 0.0660. The Balaban J connectivity index is 2.49. The molecule has 4 nitrogen and oxygen atoms in total. The van der Waals surface area contributed by atoms with Crippen molar-refractivity contribution in [2.45, 2.75) is 25.1 Å². The molecule has 0 spiro atoms. The Kier molecular flexibility index (Phi) is 4.44. The summed E-state index contributed by atoms with van der Waals surface area (Å²) in [4.78, 5) is 10.8. The minimum atomic E-state index is -1.02. The third kappa shape index (κ3) is 3.57. The molecular formula is C11H17NO3S. The van der Waals surface area contributed by atoms with Gasteiger partial charge < -0.3 is 14.8 Å². The van der Waals surface area contributed by atoms with Crippen LogP contribution in [0.25, 0.3) is 0 Å². The summed E-state index contributed by atoms with van der Waals surface area (Å²) in [7, 11) is 0. The summed E-state index contributed by atoms with van der Waals surface area (Å²) in [6.07, 6.45) is 3.46. The summed E-state index contributed by atoms with van der Waals surface area (Å²) in [5.41, 5.74) is 0.685. The number of hydrogen-bond donors (Lipinski definition) is 2. The molecule has 1 rings (SSSR count). The van der Waals surface area contributed by atoms with E-state index >= 15 is 0 Å². The maximum atomic E-state index is 10.8. The van der Waals surface area contributed by atoms with Crippen molar-refractivity contribution < 1.29 is 14.3 Å². The lowest BCUT2D eigenvalue weighted by Gasteiger charge is -2.22. The fraction of sp³-hybridized carbons (Fsp3) is 0.545. The third-order valence-corrected chi connectivity index (χ3v) is 3.61. The molecule has 5 heteroatoms. The van der Waals surface area contributed by atoms with Gasteiger partial charge in [-0.25, -0.2) is 4.79 Å². The van der Waals surface area contributed by atoms with Crippen molar-refractivity contribution >= 4 is 17.7 Å². The van der Waals surface area contributed by atoms with Gasteiger partial charge in [-0.1, -0.05) is 0 Å². The molecule has 0 atom stereocenters. The molecule has 0 aliphatic carbocycles. The van der Waals surface area contributed by atoms with Crippen LogP contribution in [-0.2, 0) is 6.54 Å². The van der Waals surface area contributed by atoms with E-state index in [1.54, 1.807) is 17.8 Å². The van der Waals surface area contributed by atoms with E-state index in [1.165, 1.54) is 6.26 Å². The van der Waals surface area contributed by atoms with E-state index in [-0.39, 0.29) is 10.5 Å². The fourth-order valence-corrected chi connectivity index (χ4v) is 1.48. The summed E-state index contributed by atoms with van der Waals surface area (Å²) in [6, 6.07) is 1.68. The molecule has 0 radical (unpaired) electrons. The lowest BCUT2D eigenvalue weighted by Crippen LogP contribution is -2.31. The van der Waals surface area contributed by atoms with Crippen LogP contribution < -0.4 is 5.32 Å². The topological polar surface area (TPSA) is 62.5 Å². The molecule has 2 N–H and O–H groups in total. The molecule has 0 unspecified atom stereocenters. The van der Waals surface area contributed by atoms with E-state index in [0.29, 0.717) is 12.1 Å². The van der Waals surface area contributed by atoms with Crippen LogP contribution >= 0.6 is 11.8 Å². The van der Waals surface area contributed by atoms with Gasteiger partial charge in [-0.05, 0) is 26.2 Å². The number of carboxylic acid groups (broad SMARTS) is 1. The number of aromatic carboxylic acids is 1. The molecule has 0 fully saturated rings. The largest absolute Gasteiger partial charge is 0.475 e. The molecule has 90 valence electrons. The van der Waals surface area contributed by atoms with Gasteiger partial charge in [-0.3, -0.25) is 0 Å². The van der Waals surface area contributed by atoms with Gasteiger partial charge in [-0.15, -0.1) is 0 Å². The molecule has 1 heterocycles. The molecule has 16 heavy (non-hydrogen) atoms. The van der Waals surface area contributed by atoms with E-state index < -0.39 is 5.97 Å². The Morgan fingerprint density at radius 3 is 2.88 bits per heavy atom. The van der Waals surface area contributed by atoms with E-state index in [9.17, 15) is 4.79 Å². The Morgan fingerprint density at radius 1 is 1.62 bits per heavy atom. The average Bonchev–Trinajstić information content (AvgIpc) is 2.66. The smallest absolute Gasteiger partial charge is 0.372 e. The first-order valence-electron chi connectivity index (χ1n) is 5.02. The number of furan rings is 1. The van der Waals surface area contributed by atoms with E-state index in [1.807, 2.05) is 0 Å². The van der Waals surface area contributed by atoms with Gasteiger partial charge in [0.15, 0.2) is 0 Å². The van der Waals surface area contributed by atoms with E-state index in [2.05, 4.69) is 25.4 Å². The van der Waals surface area contributed by atoms with Gasteiger partial charge in [-0.2, -0.15) is 11.8 Å². The van der Waals surface area contributed by atoms with Crippen LogP contribution in [-0.4, -0.2) is 28.6 Å². The zero-order chi connectivity index (χ0) is 12.2. The van der Waals surface area contributed by atoms with Crippen molar-refractivity contribution in [3.8, 4) is 0 Å². The first-order valence-corrected chi connectivity index (χ1v) is 6.24. The molecular weight excluding hydrogens is 226 g/mol.